The van der Waals surface area contributed by atoms with Crippen molar-refractivity contribution in [2.24, 2.45) is 0 Å². The summed E-state index contributed by atoms with van der Waals surface area (Å²) in [5, 5.41) is 22.7. The molecule has 1 rings (SSSR count). The molecular weight excluding hydrogens is 283 g/mol. The summed E-state index contributed by atoms with van der Waals surface area (Å²) in [6.45, 7) is -0.543. The summed E-state index contributed by atoms with van der Waals surface area (Å²) < 4.78 is 37.5. The predicted molar refractivity (Wildman–Crippen MR) is 58.5 cm³/mol. The Labute approximate surface area is 111 Å². The van der Waals surface area contributed by atoms with Crippen LogP contribution in [0.1, 0.15) is 12.1 Å². The van der Waals surface area contributed by atoms with Crippen molar-refractivity contribution in [2.75, 3.05) is 6.54 Å². The van der Waals surface area contributed by atoms with Crippen LogP contribution in [0.15, 0.2) is 12.3 Å². The number of hydrogen-bond donors (Lipinski definition) is 3. The lowest BCUT2D eigenvalue weighted by Crippen LogP contribution is -2.32. The Balaban J connectivity index is 2.39. The highest BCUT2D eigenvalue weighted by atomic mass is 19.4. The first kappa shape index (κ1) is 16.0. The van der Waals surface area contributed by atoms with Crippen molar-refractivity contribution in [1.29, 1.82) is 0 Å². The number of alkyl halides is 3. The van der Waals surface area contributed by atoms with Gasteiger partial charge < -0.3 is 15.5 Å². The van der Waals surface area contributed by atoms with Crippen LogP contribution in [0.4, 0.5) is 13.2 Å². The van der Waals surface area contributed by atoms with E-state index in [2.05, 4.69) is 10.4 Å². The highest BCUT2D eigenvalue weighted by Gasteiger charge is 2.33. The first-order valence-corrected chi connectivity index (χ1v) is 5.48. The molecule has 0 radical (unpaired) electrons. The van der Waals surface area contributed by atoms with Gasteiger partial charge in [-0.2, -0.15) is 18.3 Å². The van der Waals surface area contributed by atoms with Gasteiger partial charge >= 0.3 is 12.1 Å². The average Bonchev–Trinajstić information content (AvgIpc) is 2.76. The summed E-state index contributed by atoms with van der Waals surface area (Å²) in [6.07, 6.45) is -5.37. The van der Waals surface area contributed by atoms with E-state index in [1.54, 1.807) is 0 Å². The fraction of sp³-hybridized carbons (Fsp3) is 0.500. The van der Waals surface area contributed by atoms with Crippen molar-refractivity contribution in [3.8, 4) is 0 Å². The van der Waals surface area contributed by atoms with Crippen LogP contribution in [0, 0.1) is 0 Å². The van der Waals surface area contributed by atoms with Gasteiger partial charge in [0.05, 0.1) is 0 Å². The van der Waals surface area contributed by atoms with Crippen LogP contribution in [0.25, 0.3) is 0 Å². The molecule has 0 saturated heterocycles. The second-order valence-corrected chi connectivity index (χ2v) is 3.89. The summed E-state index contributed by atoms with van der Waals surface area (Å²) in [6, 6.07) is 0.738. The molecule has 0 saturated carbocycles. The van der Waals surface area contributed by atoms with E-state index in [4.69, 9.17) is 10.2 Å². The second-order valence-electron chi connectivity index (χ2n) is 3.89. The van der Waals surface area contributed by atoms with E-state index in [-0.39, 0.29) is 13.0 Å². The van der Waals surface area contributed by atoms with Gasteiger partial charge in [0.25, 0.3) is 0 Å². The van der Waals surface area contributed by atoms with Gasteiger partial charge in [0.1, 0.15) is 6.54 Å². The predicted octanol–water partition coefficient (Wildman–Crippen LogP) is -0.146. The number of aliphatic hydroxyl groups excluding tert-OH is 1. The van der Waals surface area contributed by atoms with Crippen LogP contribution in [0.5, 0.6) is 0 Å². The lowest BCUT2D eigenvalue weighted by Gasteiger charge is -2.07. The summed E-state index contributed by atoms with van der Waals surface area (Å²) in [7, 11) is 0. The molecule has 0 aliphatic carbocycles. The summed E-state index contributed by atoms with van der Waals surface area (Å²) >= 11 is 0. The molecule has 3 N–H and O–H groups in total. The zero-order valence-electron chi connectivity index (χ0n) is 10.1. The lowest BCUT2D eigenvalue weighted by molar-refractivity contribution is -0.147. The number of rotatable bonds is 6. The number of aliphatic hydroxyl groups is 1. The molecule has 7 nitrogen and oxygen atoms in total. The molecule has 20 heavy (non-hydrogen) atoms. The molecule has 1 heterocycles. The summed E-state index contributed by atoms with van der Waals surface area (Å²) in [4.78, 5) is 21.6. The first-order valence-electron chi connectivity index (χ1n) is 5.48. The SMILES string of the molecule is O=C(Cn1ccc(C(F)(F)F)n1)NCC[C@H](O)C(=O)O. The highest BCUT2D eigenvalue weighted by molar-refractivity contribution is 5.76. The molecule has 0 fully saturated rings. The first-order chi connectivity index (χ1) is 9.20. The standard InChI is InChI=1S/C10H12F3N3O4/c11-10(12,13)7-2-4-16(15-7)5-8(18)14-3-1-6(17)9(19)20/h2,4,6,17H,1,3,5H2,(H,14,18)(H,19,20)/t6-/m0/s1. The number of halogens is 3. The van der Waals surface area contributed by atoms with Crippen molar-refractivity contribution in [3.63, 3.8) is 0 Å². The van der Waals surface area contributed by atoms with Crippen molar-refractivity contribution in [1.82, 2.24) is 15.1 Å². The number of hydrogen-bond acceptors (Lipinski definition) is 4. The lowest BCUT2D eigenvalue weighted by atomic mass is 10.2. The van der Waals surface area contributed by atoms with Crippen LogP contribution in [0.3, 0.4) is 0 Å². The van der Waals surface area contributed by atoms with Gasteiger partial charge in [-0.25, -0.2) is 4.79 Å². The number of amides is 1. The molecule has 0 aromatic carbocycles. The zero-order chi connectivity index (χ0) is 15.3. The normalized spacial score (nSPS) is 13.0. The summed E-state index contributed by atoms with van der Waals surface area (Å²) in [5.41, 5.74) is -1.11. The van der Waals surface area contributed by atoms with Crippen LogP contribution in [-0.4, -0.2) is 44.5 Å². The number of carbonyl (C=O) groups is 2. The van der Waals surface area contributed by atoms with Crippen molar-refractivity contribution in [3.05, 3.63) is 18.0 Å². The Hall–Kier alpha value is -2.10. The number of carboxylic acid groups (broad SMARTS) is 1. The van der Waals surface area contributed by atoms with Crippen molar-refractivity contribution < 1.29 is 33.0 Å². The van der Waals surface area contributed by atoms with Crippen LogP contribution in [-0.2, 0) is 22.3 Å². The molecule has 1 amide bonds. The number of aliphatic carboxylic acids is 1. The van der Waals surface area contributed by atoms with Gasteiger partial charge in [0.2, 0.25) is 5.91 Å². The van der Waals surface area contributed by atoms with Gasteiger partial charge in [-0.05, 0) is 6.07 Å². The van der Waals surface area contributed by atoms with Gasteiger partial charge in [-0.3, -0.25) is 9.48 Å². The van der Waals surface area contributed by atoms with Crippen LogP contribution in [0.2, 0.25) is 0 Å². The van der Waals surface area contributed by atoms with Gasteiger partial charge in [-0.15, -0.1) is 0 Å². The van der Waals surface area contributed by atoms with E-state index in [9.17, 15) is 22.8 Å². The van der Waals surface area contributed by atoms with E-state index < -0.39 is 36.4 Å². The summed E-state index contributed by atoms with van der Waals surface area (Å²) in [5.74, 6) is -2.06. The second kappa shape index (κ2) is 6.37. The van der Waals surface area contributed by atoms with Gasteiger partial charge in [-0.1, -0.05) is 0 Å². The average molecular weight is 295 g/mol. The van der Waals surface area contributed by atoms with E-state index in [0.717, 1.165) is 16.9 Å². The molecule has 1 atom stereocenters. The Morgan fingerprint density at radius 2 is 2.10 bits per heavy atom. The van der Waals surface area contributed by atoms with E-state index in [1.165, 1.54) is 0 Å². The van der Waals surface area contributed by atoms with Gasteiger partial charge in [0, 0.05) is 19.2 Å². The Kier molecular flexibility index (Phi) is 5.08. The Morgan fingerprint density at radius 1 is 1.45 bits per heavy atom. The maximum atomic E-state index is 12.2. The topological polar surface area (TPSA) is 104 Å². The van der Waals surface area contributed by atoms with Gasteiger partial charge in [0.15, 0.2) is 11.8 Å². The quantitative estimate of drug-likeness (QED) is 0.677. The fourth-order valence-corrected chi connectivity index (χ4v) is 1.28. The molecule has 0 unspecified atom stereocenters. The number of nitrogens with zero attached hydrogens (tertiary/aromatic N) is 2. The smallest absolute Gasteiger partial charge is 0.435 e. The molecule has 0 spiro atoms. The van der Waals surface area contributed by atoms with Crippen LogP contribution >= 0.6 is 0 Å². The molecule has 0 aliphatic rings. The van der Waals surface area contributed by atoms with E-state index in [1.807, 2.05) is 0 Å². The van der Waals surface area contributed by atoms with E-state index in [0.29, 0.717) is 0 Å². The molecule has 0 aliphatic heterocycles. The van der Waals surface area contributed by atoms with Crippen LogP contribution < -0.4 is 5.32 Å². The largest absolute Gasteiger partial charge is 0.479 e. The third-order valence-corrected chi connectivity index (χ3v) is 2.26. The Morgan fingerprint density at radius 3 is 2.60 bits per heavy atom. The molecular formula is C10H12F3N3O4. The van der Waals surface area contributed by atoms with Crippen molar-refractivity contribution in [2.45, 2.75) is 25.2 Å². The number of carboxylic acids is 1. The van der Waals surface area contributed by atoms with E-state index >= 15 is 0 Å². The maximum Gasteiger partial charge on any atom is 0.435 e. The number of nitrogens with one attached hydrogen (secondary N) is 1. The Bertz CT molecular complexity index is 486. The minimum absolute atomic E-state index is 0.111. The monoisotopic (exact) mass is 295 g/mol. The molecule has 1 aromatic rings. The molecule has 112 valence electrons. The number of aromatic nitrogens is 2. The third kappa shape index (κ3) is 4.88. The maximum absolute atomic E-state index is 12.2. The molecule has 0 bridgehead atoms. The molecule has 1 aromatic heterocycles. The van der Waals surface area contributed by atoms with Crippen molar-refractivity contribution >= 4 is 11.9 Å². The zero-order valence-corrected chi connectivity index (χ0v) is 10.1. The third-order valence-electron chi connectivity index (χ3n) is 2.26. The molecule has 10 heteroatoms. The number of carbonyl (C=O) groups excluding carboxylic acids is 1. The fourth-order valence-electron chi connectivity index (χ4n) is 1.28. The highest BCUT2D eigenvalue weighted by Crippen LogP contribution is 2.27. The minimum Gasteiger partial charge on any atom is -0.479 e. The minimum atomic E-state index is -4.58.